The van der Waals surface area contributed by atoms with Gasteiger partial charge in [0.1, 0.15) is 11.9 Å². The number of alkyl halides is 3. The van der Waals surface area contributed by atoms with Crippen molar-refractivity contribution in [3.8, 4) is 0 Å². The van der Waals surface area contributed by atoms with Gasteiger partial charge in [-0.2, -0.15) is 13.2 Å². The van der Waals surface area contributed by atoms with Gasteiger partial charge >= 0.3 is 6.18 Å². The molecule has 1 amide bonds. The maximum atomic E-state index is 12.4. The molecule has 0 aliphatic rings. The van der Waals surface area contributed by atoms with Crippen molar-refractivity contribution in [3.05, 3.63) is 59.5 Å². The summed E-state index contributed by atoms with van der Waals surface area (Å²) < 4.78 is 42.1. The van der Waals surface area contributed by atoms with E-state index in [-0.39, 0.29) is 12.1 Å². The van der Waals surface area contributed by atoms with Crippen molar-refractivity contribution in [2.75, 3.05) is 6.54 Å². The van der Waals surface area contributed by atoms with Gasteiger partial charge in [-0.05, 0) is 36.4 Å². The molecule has 7 heteroatoms. The summed E-state index contributed by atoms with van der Waals surface area (Å²) in [5, 5.41) is 12.1. The fourth-order valence-electron chi connectivity index (χ4n) is 1.68. The Morgan fingerprint density at radius 1 is 1.24 bits per heavy atom. The van der Waals surface area contributed by atoms with E-state index in [1.54, 1.807) is 12.1 Å². The minimum Gasteiger partial charge on any atom is -0.467 e. The number of furan rings is 1. The number of hydrogen-bond acceptors (Lipinski definition) is 3. The highest BCUT2D eigenvalue weighted by molar-refractivity contribution is 5.94. The average molecular weight is 299 g/mol. The Hall–Kier alpha value is -2.28. The van der Waals surface area contributed by atoms with E-state index < -0.39 is 23.8 Å². The Morgan fingerprint density at radius 3 is 2.43 bits per heavy atom. The number of aliphatic hydroxyl groups is 1. The van der Waals surface area contributed by atoms with Crippen molar-refractivity contribution < 1.29 is 27.5 Å². The second-order valence-corrected chi connectivity index (χ2v) is 4.32. The number of amides is 1. The zero-order valence-electron chi connectivity index (χ0n) is 10.7. The molecule has 1 unspecified atom stereocenters. The Balaban J connectivity index is 1.94. The Kier molecular flexibility index (Phi) is 4.32. The Labute approximate surface area is 118 Å². The van der Waals surface area contributed by atoms with Crippen LogP contribution in [0.5, 0.6) is 0 Å². The lowest BCUT2D eigenvalue weighted by molar-refractivity contribution is -0.137. The molecule has 1 aromatic heterocycles. The van der Waals surface area contributed by atoms with E-state index in [4.69, 9.17) is 4.42 Å². The summed E-state index contributed by atoms with van der Waals surface area (Å²) >= 11 is 0. The molecule has 0 aliphatic carbocycles. The Morgan fingerprint density at radius 2 is 1.90 bits per heavy atom. The summed E-state index contributed by atoms with van der Waals surface area (Å²) in [7, 11) is 0. The fraction of sp³-hybridized carbons (Fsp3) is 0.214. The zero-order valence-corrected chi connectivity index (χ0v) is 10.7. The largest absolute Gasteiger partial charge is 0.467 e. The summed E-state index contributed by atoms with van der Waals surface area (Å²) in [6.45, 7) is -0.104. The van der Waals surface area contributed by atoms with Crippen LogP contribution in [0.25, 0.3) is 0 Å². The fourth-order valence-corrected chi connectivity index (χ4v) is 1.68. The normalized spacial score (nSPS) is 13.0. The predicted molar refractivity (Wildman–Crippen MR) is 67.4 cm³/mol. The molecule has 4 nitrogen and oxygen atoms in total. The molecule has 2 aromatic rings. The molecule has 0 bridgehead atoms. The van der Waals surface area contributed by atoms with E-state index in [1.807, 2.05) is 0 Å². The van der Waals surface area contributed by atoms with Crippen LogP contribution in [-0.2, 0) is 6.18 Å². The van der Waals surface area contributed by atoms with E-state index in [0.717, 1.165) is 24.3 Å². The van der Waals surface area contributed by atoms with Gasteiger partial charge in [-0.25, -0.2) is 0 Å². The van der Waals surface area contributed by atoms with Crippen molar-refractivity contribution in [2.24, 2.45) is 0 Å². The minimum atomic E-state index is -4.44. The van der Waals surface area contributed by atoms with Gasteiger partial charge in [0.2, 0.25) is 0 Å². The number of nitrogens with one attached hydrogen (secondary N) is 1. The topological polar surface area (TPSA) is 62.5 Å². The highest BCUT2D eigenvalue weighted by Gasteiger charge is 2.30. The molecule has 2 N–H and O–H groups in total. The Bertz CT molecular complexity index is 591. The van der Waals surface area contributed by atoms with Gasteiger partial charge in [0.15, 0.2) is 0 Å². The molecule has 0 saturated heterocycles. The van der Waals surface area contributed by atoms with Crippen LogP contribution < -0.4 is 5.32 Å². The quantitative estimate of drug-likeness (QED) is 0.912. The molecule has 2 rings (SSSR count). The number of carbonyl (C=O) groups is 1. The molecule has 21 heavy (non-hydrogen) atoms. The first-order chi connectivity index (χ1) is 9.88. The highest BCUT2D eigenvalue weighted by Crippen LogP contribution is 2.29. The molecule has 0 fully saturated rings. The van der Waals surface area contributed by atoms with E-state index in [1.165, 1.54) is 6.26 Å². The van der Waals surface area contributed by atoms with Crippen LogP contribution in [0.4, 0.5) is 13.2 Å². The lowest BCUT2D eigenvalue weighted by Crippen LogP contribution is -2.28. The standard InChI is InChI=1S/C14H12F3NO3/c15-14(16,17)10-5-3-9(4-6-10)13(20)18-8-11(19)12-2-1-7-21-12/h1-7,11,19H,8H2,(H,18,20). The molecule has 1 atom stereocenters. The van der Waals surface area contributed by atoms with Gasteiger partial charge in [-0.15, -0.1) is 0 Å². The van der Waals surface area contributed by atoms with Gasteiger partial charge in [-0.3, -0.25) is 4.79 Å². The molecular weight excluding hydrogens is 287 g/mol. The van der Waals surface area contributed by atoms with E-state index in [2.05, 4.69) is 5.32 Å². The van der Waals surface area contributed by atoms with Gasteiger partial charge in [0.25, 0.3) is 5.91 Å². The third-order valence-corrected chi connectivity index (χ3v) is 2.80. The zero-order chi connectivity index (χ0) is 15.5. The molecule has 0 saturated carbocycles. The summed E-state index contributed by atoms with van der Waals surface area (Å²) in [6.07, 6.45) is -4.07. The SMILES string of the molecule is O=C(NCC(O)c1ccco1)c1ccc(C(F)(F)F)cc1. The first kappa shape index (κ1) is 15.1. The summed E-state index contributed by atoms with van der Waals surface area (Å²) in [5.74, 6) is -0.281. The van der Waals surface area contributed by atoms with E-state index in [9.17, 15) is 23.1 Å². The van der Waals surface area contributed by atoms with Gasteiger partial charge in [-0.1, -0.05) is 0 Å². The molecule has 1 heterocycles. The van der Waals surface area contributed by atoms with Crippen molar-refractivity contribution in [2.45, 2.75) is 12.3 Å². The molecule has 1 aromatic carbocycles. The molecule has 0 spiro atoms. The van der Waals surface area contributed by atoms with Crippen molar-refractivity contribution >= 4 is 5.91 Å². The molecule has 112 valence electrons. The van der Waals surface area contributed by atoms with Crippen LogP contribution in [0.3, 0.4) is 0 Å². The van der Waals surface area contributed by atoms with Crippen molar-refractivity contribution in [1.82, 2.24) is 5.32 Å². The smallest absolute Gasteiger partial charge is 0.416 e. The minimum absolute atomic E-state index is 0.0784. The van der Waals surface area contributed by atoms with Crippen LogP contribution in [0.15, 0.2) is 47.1 Å². The maximum Gasteiger partial charge on any atom is 0.416 e. The number of halogens is 3. The molecule has 0 aliphatic heterocycles. The summed E-state index contributed by atoms with van der Waals surface area (Å²) in [4.78, 5) is 11.7. The van der Waals surface area contributed by atoms with Gasteiger partial charge < -0.3 is 14.8 Å². The van der Waals surface area contributed by atoms with Crippen LogP contribution in [0.1, 0.15) is 27.8 Å². The van der Waals surface area contributed by atoms with Crippen LogP contribution >= 0.6 is 0 Å². The lowest BCUT2D eigenvalue weighted by atomic mass is 10.1. The third kappa shape index (κ3) is 3.85. The third-order valence-electron chi connectivity index (χ3n) is 2.80. The van der Waals surface area contributed by atoms with Gasteiger partial charge in [0, 0.05) is 5.56 Å². The van der Waals surface area contributed by atoms with Crippen LogP contribution in [0, 0.1) is 0 Å². The first-order valence-electron chi connectivity index (χ1n) is 6.05. The lowest BCUT2D eigenvalue weighted by Gasteiger charge is -2.10. The number of hydrogen-bond donors (Lipinski definition) is 2. The number of carbonyl (C=O) groups excluding carboxylic acids is 1. The van der Waals surface area contributed by atoms with Crippen molar-refractivity contribution in [1.29, 1.82) is 0 Å². The number of benzene rings is 1. The second kappa shape index (κ2) is 6.01. The van der Waals surface area contributed by atoms with Gasteiger partial charge in [0.05, 0.1) is 18.4 Å². The summed E-state index contributed by atoms with van der Waals surface area (Å²) in [6, 6.07) is 6.97. The van der Waals surface area contributed by atoms with Crippen LogP contribution in [0.2, 0.25) is 0 Å². The van der Waals surface area contributed by atoms with Crippen LogP contribution in [-0.4, -0.2) is 17.6 Å². The van der Waals surface area contributed by atoms with Crippen molar-refractivity contribution in [3.63, 3.8) is 0 Å². The van der Waals surface area contributed by atoms with E-state index >= 15 is 0 Å². The number of aliphatic hydroxyl groups excluding tert-OH is 1. The molecular formula is C14H12F3NO3. The van der Waals surface area contributed by atoms with E-state index in [0.29, 0.717) is 5.76 Å². The predicted octanol–water partition coefficient (Wildman–Crippen LogP) is 2.76. The second-order valence-electron chi connectivity index (χ2n) is 4.32. The average Bonchev–Trinajstić information content (AvgIpc) is 2.98. The summed E-state index contributed by atoms with van der Waals surface area (Å²) in [5.41, 5.74) is -0.746. The highest BCUT2D eigenvalue weighted by atomic mass is 19.4. The first-order valence-corrected chi connectivity index (χ1v) is 6.05. The molecule has 0 radical (unpaired) electrons. The number of rotatable bonds is 4. The maximum absolute atomic E-state index is 12.4. The monoisotopic (exact) mass is 299 g/mol.